The van der Waals surface area contributed by atoms with E-state index < -0.39 is 17.7 Å². The average molecular weight is 346 g/mol. The highest BCUT2D eigenvalue weighted by molar-refractivity contribution is 5.83. The fourth-order valence-corrected chi connectivity index (χ4v) is 2.80. The summed E-state index contributed by atoms with van der Waals surface area (Å²) in [5, 5.41) is 11.4. The van der Waals surface area contributed by atoms with Gasteiger partial charge in [-0.1, -0.05) is 30.3 Å². The normalized spacial score (nSPS) is 14.3. The zero-order chi connectivity index (χ0) is 18.4. The van der Waals surface area contributed by atoms with Crippen LogP contribution >= 0.6 is 0 Å². The molecule has 134 valence electrons. The molecule has 25 heavy (non-hydrogen) atoms. The van der Waals surface area contributed by atoms with Crippen molar-refractivity contribution in [1.82, 2.24) is 0 Å². The third kappa shape index (κ3) is 3.45. The standard InChI is InChI=1S/C19H22O6/c1-22-14-10-11-15(16(12-14)23-2)19(21,18(20)25-4)17(24-3)13-8-6-5-7-9-13/h5-12,17,21H,1-4H3/t17-,19-/m0/s1. The van der Waals surface area contributed by atoms with E-state index in [4.69, 9.17) is 18.9 Å². The van der Waals surface area contributed by atoms with Gasteiger partial charge in [0.1, 0.15) is 17.6 Å². The van der Waals surface area contributed by atoms with Crippen molar-refractivity contribution in [3.63, 3.8) is 0 Å². The van der Waals surface area contributed by atoms with Crippen LogP contribution in [0.4, 0.5) is 0 Å². The first-order chi connectivity index (χ1) is 12.0. The zero-order valence-corrected chi connectivity index (χ0v) is 14.7. The molecule has 0 aliphatic carbocycles. The number of ether oxygens (including phenoxy) is 4. The van der Waals surface area contributed by atoms with Gasteiger partial charge in [-0.05, 0) is 17.7 Å². The van der Waals surface area contributed by atoms with Gasteiger partial charge in [-0.3, -0.25) is 0 Å². The molecule has 0 aliphatic heterocycles. The predicted octanol–water partition coefficient (Wildman–Crippen LogP) is 2.45. The summed E-state index contributed by atoms with van der Waals surface area (Å²) >= 11 is 0. The number of hydrogen-bond acceptors (Lipinski definition) is 6. The second kappa shape index (κ2) is 8.00. The van der Waals surface area contributed by atoms with Crippen LogP contribution in [0.1, 0.15) is 17.2 Å². The highest BCUT2D eigenvalue weighted by Gasteiger charge is 2.50. The largest absolute Gasteiger partial charge is 0.497 e. The van der Waals surface area contributed by atoms with E-state index in [9.17, 15) is 9.90 Å². The van der Waals surface area contributed by atoms with Gasteiger partial charge >= 0.3 is 5.97 Å². The lowest BCUT2D eigenvalue weighted by Crippen LogP contribution is -2.43. The van der Waals surface area contributed by atoms with Crippen LogP contribution in [0.15, 0.2) is 48.5 Å². The van der Waals surface area contributed by atoms with Crippen LogP contribution in [0.25, 0.3) is 0 Å². The topological polar surface area (TPSA) is 74.2 Å². The van der Waals surface area contributed by atoms with Crippen molar-refractivity contribution in [3.8, 4) is 11.5 Å². The van der Waals surface area contributed by atoms with Gasteiger partial charge in [-0.2, -0.15) is 0 Å². The summed E-state index contributed by atoms with van der Waals surface area (Å²) in [6, 6.07) is 13.7. The molecule has 0 aliphatic rings. The van der Waals surface area contributed by atoms with Crippen molar-refractivity contribution < 1.29 is 28.8 Å². The van der Waals surface area contributed by atoms with Crippen molar-refractivity contribution in [3.05, 3.63) is 59.7 Å². The molecule has 6 nitrogen and oxygen atoms in total. The van der Waals surface area contributed by atoms with Gasteiger partial charge in [0.15, 0.2) is 0 Å². The molecule has 0 amide bonds. The van der Waals surface area contributed by atoms with Crippen molar-refractivity contribution in [2.24, 2.45) is 0 Å². The SMILES string of the molecule is COC(=O)[C@](O)(c1ccc(OC)cc1OC)[C@@H](OC)c1ccccc1. The average Bonchev–Trinajstić information content (AvgIpc) is 2.67. The third-order valence-electron chi connectivity index (χ3n) is 4.03. The highest BCUT2D eigenvalue weighted by atomic mass is 16.6. The van der Waals surface area contributed by atoms with Crippen LogP contribution in [-0.4, -0.2) is 39.5 Å². The van der Waals surface area contributed by atoms with Crippen LogP contribution < -0.4 is 9.47 Å². The Morgan fingerprint density at radius 1 is 1.00 bits per heavy atom. The molecule has 2 aromatic carbocycles. The summed E-state index contributed by atoms with van der Waals surface area (Å²) < 4.78 is 20.9. The Labute approximate surface area is 146 Å². The molecule has 0 bridgehead atoms. The monoisotopic (exact) mass is 346 g/mol. The number of benzene rings is 2. The van der Waals surface area contributed by atoms with Crippen LogP contribution in [0.2, 0.25) is 0 Å². The second-order valence-electron chi connectivity index (χ2n) is 5.35. The van der Waals surface area contributed by atoms with Gasteiger partial charge in [0.25, 0.3) is 0 Å². The minimum atomic E-state index is -2.11. The van der Waals surface area contributed by atoms with Crippen molar-refractivity contribution in [2.45, 2.75) is 11.7 Å². The number of rotatable bonds is 7. The lowest BCUT2D eigenvalue weighted by molar-refractivity contribution is -0.182. The first-order valence-electron chi connectivity index (χ1n) is 7.63. The molecule has 0 radical (unpaired) electrons. The van der Waals surface area contributed by atoms with Crippen LogP contribution in [0, 0.1) is 0 Å². The number of esters is 1. The lowest BCUT2D eigenvalue weighted by Gasteiger charge is -2.34. The fourth-order valence-electron chi connectivity index (χ4n) is 2.80. The van der Waals surface area contributed by atoms with Crippen LogP contribution in [0.3, 0.4) is 0 Å². The first kappa shape index (κ1) is 18.8. The van der Waals surface area contributed by atoms with Gasteiger partial charge < -0.3 is 24.1 Å². The van der Waals surface area contributed by atoms with Crippen molar-refractivity contribution >= 4 is 5.97 Å². The second-order valence-corrected chi connectivity index (χ2v) is 5.35. The minimum absolute atomic E-state index is 0.221. The first-order valence-corrected chi connectivity index (χ1v) is 7.63. The quantitative estimate of drug-likeness (QED) is 0.776. The molecule has 0 unspecified atom stereocenters. The van der Waals surface area contributed by atoms with Gasteiger partial charge in [0, 0.05) is 18.7 Å². The molecule has 0 aromatic heterocycles. The smallest absolute Gasteiger partial charge is 0.345 e. The Hall–Kier alpha value is -2.57. The van der Waals surface area contributed by atoms with Crippen molar-refractivity contribution in [1.29, 1.82) is 0 Å². The molecular weight excluding hydrogens is 324 g/mol. The third-order valence-corrected chi connectivity index (χ3v) is 4.03. The molecule has 2 rings (SSSR count). The molecule has 0 saturated heterocycles. The fraction of sp³-hybridized carbons (Fsp3) is 0.316. The summed E-state index contributed by atoms with van der Waals surface area (Å²) in [6.45, 7) is 0. The van der Waals surface area contributed by atoms with Gasteiger partial charge in [0.2, 0.25) is 5.60 Å². The minimum Gasteiger partial charge on any atom is -0.497 e. The van der Waals surface area contributed by atoms with Gasteiger partial charge in [-0.15, -0.1) is 0 Å². The molecular formula is C19H22O6. The summed E-state index contributed by atoms with van der Waals surface area (Å²) in [4.78, 5) is 12.6. The zero-order valence-electron chi connectivity index (χ0n) is 14.7. The van der Waals surface area contributed by atoms with E-state index in [0.717, 1.165) is 0 Å². The summed E-state index contributed by atoms with van der Waals surface area (Å²) in [7, 11) is 5.59. The maximum atomic E-state index is 12.6. The molecule has 6 heteroatoms. The van der Waals surface area contributed by atoms with Crippen LogP contribution in [-0.2, 0) is 19.9 Å². The Balaban J connectivity index is 2.68. The summed E-state index contributed by atoms with van der Waals surface area (Å²) in [6.07, 6.45) is -0.997. The Bertz CT molecular complexity index is 715. The molecule has 0 spiro atoms. The molecule has 0 fully saturated rings. The number of carbonyl (C=O) groups excluding carboxylic acids is 1. The number of hydrogen-bond donors (Lipinski definition) is 1. The van der Waals surface area contributed by atoms with E-state index >= 15 is 0 Å². The van der Waals surface area contributed by atoms with Gasteiger partial charge in [-0.25, -0.2) is 4.79 Å². The number of carbonyl (C=O) groups is 1. The Kier molecular flexibility index (Phi) is 6.01. The highest BCUT2D eigenvalue weighted by Crippen LogP contribution is 2.43. The maximum absolute atomic E-state index is 12.6. The van der Waals surface area contributed by atoms with Crippen LogP contribution in [0.5, 0.6) is 11.5 Å². The summed E-state index contributed by atoms with van der Waals surface area (Å²) in [5.41, 5.74) is -1.27. The molecule has 1 N–H and O–H groups in total. The van der Waals surface area contributed by atoms with E-state index in [0.29, 0.717) is 11.3 Å². The molecule has 2 aromatic rings. The molecule has 0 saturated carbocycles. The Morgan fingerprint density at radius 3 is 2.20 bits per heavy atom. The van der Waals surface area contributed by atoms with Gasteiger partial charge in [0.05, 0.1) is 21.3 Å². The molecule has 2 atom stereocenters. The number of aliphatic hydroxyl groups is 1. The van der Waals surface area contributed by atoms with E-state index in [-0.39, 0.29) is 11.3 Å². The lowest BCUT2D eigenvalue weighted by atomic mass is 9.83. The summed E-state index contributed by atoms with van der Waals surface area (Å²) in [5.74, 6) is -0.0432. The maximum Gasteiger partial charge on any atom is 0.345 e. The molecule has 0 heterocycles. The Morgan fingerprint density at radius 2 is 1.68 bits per heavy atom. The van der Waals surface area contributed by atoms with E-state index in [1.54, 1.807) is 42.5 Å². The van der Waals surface area contributed by atoms with E-state index in [1.807, 2.05) is 6.07 Å². The number of methoxy groups -OCH3 is 4. The van der Waals surface area contributed by atoms with Crippen molar-refractivity contribution in [2.75, 3.05) is 28.4 Å². The predicted molar refractivity (Wildman–Crippen MR) is 91.7 cm³/mol. The van der Waals surface area contributed by atoms with E-state index in [1.165, 1.54) is 28.4 Å². The van der Waals surface area contributed by atoms with E-state index in [2.05, 4.69) is 0 Å².